The van der Waals surface area contributed by atoms with Crippen LogP contribution < -0.4 is 5.32 Å². The van der Waals surface area contributed by atoms with Gasteiger partial charge in [0, 0.05) is 10.9 Å². The second-order valence-corrected chi connectivity index (χ2v) is 7.51. The van der Waals surface area contributed by atoms with E-state index >= 15 is 0 Å². The fourth-order valence-corrected chi connectivity index (χ4v) is 4.25. The Labute approximate surface area is 153 Å². The minimum atomic E-state index is -0.321. The van der Waals surface area contributed by atoms with Crippen molar-refractivity contribution < 1.29 is 9.21 Å². The van der Waals surface area contributed by atoms with E-state index in [1.807, 2.05) is 32.9 Å². The van der Waals surface area contributed by atoms with Gasteiger partial charge in [0.25, 0.3) is 5.91 Å². The number of amides is 1. The number of anilines is 1. The number of hydrogen-bond donors (Lipinski definition) is 1. The van der Waals surface area contributed by atoms with E-state index in [-0.39, 0.29) is 11.7 Å². The highest BCUT2D eigenvalue weighted by Gasteiger charge is 2.20. The Morgan fingerprint density at radius 1 is 1.24 bits per heavy atom. The molecular weight excluding hydrogens is 356 g/mol. The number of furan rings is 1. The minimum absolute atomic E-state index is 0.259. The third-order valence-electron chi connectivity index (χ3n) is 4.17. The SMILES string of the molecule is Cc1cc(C)c2nc(NC(=O)c3oc4c(Cl)cccc4c3C)sc2c1. The topological polar surface area (TPSA) is 55.1 Å². The Morgan fingerprint density at radius 3 is 2.80 bits per heavy atom. The predicted molar refractivity (Wildman–Crippen MR) is 103 cm³/mol. The molecule has 1 amide bonds. The number of fused-ring (bicyclic) bond motifs is 2. The Bertz CT molecular complexity index is 1140. The van der Waals surface area contributed by atoms with Crippen molar-refractivity contribution in [2.45, 2.75) is 20.8 Å². The van der Waals surface area contributed by atoms with Gasteiger partial charge in [0.2, 0.25) is 0 Å². The maximum Gasteiger partial charge on any atom is 0.293 e. The molecule has 0 unspecified atom stereocenters. The van der Waals surface area contributed by atoms with Crippen molar-refractivity contribution in [3.8, 4) is 0 Å². The van der Waals surface area contributed by atoms with E-state index in [4.69, 9.17) is 16.0 Å². The molecule has 4 nitrogen and oxygen atoms in total. The molecule has 0 bridgehead atoms. The fourth-order valence-electron chi connectivity index (χ4n) is 3.00. The van der Waals surface area contributed by atoms with Crippen LogP contribution in [0.1, 0.15) is 27.2 Å². The predicted octanol–water partition coefficient (Wildman–Crippen LogP) is 5.87. The van der Waals surface area contributed by atoms with Gasteiger partial charge in [-0.25, -0.2) is 4.98 Å². The van der Waals surface area contributed by atoms with Crippen LogP contribution >= 0.6 is 22.9 Å². The van der Waals surface area contributed by atoms with Crippen LogP contribution in [0, 0.1) is 20.8 Å². The smallest absolute Gasteiger partial charge is 0.293 e. The molecule has 0 aliphatic carbocycles. The van der Waals surface area contributed by atoms with Crippen LogP contribution in [0.4, 0.5) is 5.13 Å². The lowest BCUT2D eigenvalue weighted by Gasteiger charge is -1.99. The lowest BCUT2D eigenvalue weighted by molar-refractivity contribution is 0.0998. The standard InChI is InChI=1S/C19H15ClN2O2S/c1-9-7-10(2)15-14(8-9)25-19(21-15)22-18(23)16-11(3)12-5-4-6-13(20)17(12)24-16/h4-8H,1-3H3,(H,21,22,23). The molecule has 2 heterocycles. The number of rotatable bonds is 2. The van der Waals surface area contributed by atoms with Crippen molar-refractivity contribution in [1.29, 1.82) is 0 Å². The largest absolute Gasteiger partial charge is 0.449 e. The normalized spacial score (nSPS) is 11.4. The number of carbonyl (C=O) groups is 1. The Morgan fingerprint density at radius 2 is 2.04 bits per heavy atom. The molecule has 2 aromatic heterocycles. The first-order valence-electron chi connectivity index (χ1n) is 7.81. The molecule has 6 heteroatoms. The number of aromatic nitrogens is 1. The van der Waals surface area contributed by atoms with Crippen molar-refractivity contribution in [3.63, 3.8) is 0 Å². The summed E-state index contributed by atoms with van der Waals surface area (Å²) in [6, 6.07) is 9.63. The number of benzene rings is 2. The van der Waals surface area contributed by atoms with Crippen molar-refractivity contribution in [2.24, 2.45) is 0 Å². The van der Waals surface area contributed by atoms with Gasteiger partial charge in [-0.1, -0.05) is 41.1 Å². The van der Waals surface area contributed by atoms with Crippen molar-refractivity contribution in [3.05, 3.63) is 57.8 Å². The summed E-state index contributed by atoms with van der Waals surface area (Å²) in [5.41, 5.74) is 4.48. The molecule has 0 atom stereocenters. The number of para-hydroxylation sites is 1. The van der Waals surface area contributed by atoms with Crippen molar-refractivity contribution in [1.82, 2.24) is 4.98 Å². The molecule has 2 aromatic carbocycles. The summed E-state index contributed by atoms with van der Waals surface area (Å²) < 4.78 is 6.77. The molecule has 0 aliphatic heterocycles. The summed E-state index contributed by atoms with van der Waals surface area (Å²) in [5, 5.41) is 4.74. The van der Waals surface area contributed by atoms with Gasteiger partial charge in [-0.3, -0.25) is 10.1 Å². The zero-order valence-corrected chi connectivity index (χ0v) is 15.5. The number of halogens is 1. The van der Waals surface area contributed by atoms with Gasteiger partial charge in [-0.15, -0.1) is 0 Å². The molecule has 0 fully saturated rings. The Kier molecular flexibility index (Phi) is 3.78. The van der Waals surface area contributed by atoms with Gasteiger partial charge >= 0.3 is 0 Å². The first-order chi connectivity index (χ1) is 11.9. The lowest BCUT2D eigenvalue weighted by Crippen LogP contribution is -2.11. The van der Waals surface area contributed by atoms with Gasteiger partial charge in [0.15, 0.2) is 16.5 Å². The molecule has 4 aromatic rings. The van der Waals surface area contributed by atoms with Gasteiger partial charge < -0.3 is 4.42 Å². The summed E-state index contributed by atoms with van der Waals surface area (Å²) >= 11 is 7.61. The van der Waals surface area contributed by atoms with Crippen LogP contribution in [-0.2, 0) is 0 Å². The third-order valence-corrected chi connectivity index (χ3v) is 5.39. The average molecular weight is 371 g/mol. The number of aryl methyl sites for hydroxylation is 3. The van der Waals surface area contributed by atoms with Gasteiger partial charge in [0.05, 0.1) is 15.2 Å². The third kappa shape index (κ3) is 2.69. The van der Waals surface area contributed by atoms with E-state index in [9.17, 15) is 4.79 Å². The summed E-state index contributed by atoms with van der Waals surface area (Å²) in [7, 11) is 0. The van der Waals surface area contributed by atoms with Crippen LogP contribution in [-0.4, -0.2) is 10.9 Å². The fraction of sp³-hybridized carbons (Fsp3) is 0.158. The van der Waals surface area contributed by atoms with Gasteiger partial charge in [-0.05, 0) is 44.0 Å². The number of nitrogens with one attached hydrogen (secondary N) is 1. The molecule has 0 saturated carbocycles. The molecule has 25 heavy (non-hydrogen) atoms. The van der Waals surface area contributed by atoms with Crippen molar-refractivity contribution >= 4 is 55.2 Å². The zero-order valence-electron chi connectivity index (χ0n) is 13.9. The first kappa shape index (κ1) is 16.1. The number of carbonyl (C=O) groups excluding carboxylic acids is 1. The van der Waals surface area contributed by atoms with E-state index in [1.165, 1.54) is 16.9 Å². The van der Waals surface area contributed by atoms with Crippen LogP contribution in [0.15, 0.2) is 34.7 Å². The van der Waals surface area contributed by atoms with Gasteiger partial charge in [-0.2, -0.15) is 0 Å². The first-order valence-corrected chi connectivity index (χ1v) is 9.00. The molecule has 0 saturated heterocycles. The van der Waals surface area contributed by atoms with E-state index in [0.29, 0.717) is 15.7 Å². The quantitative estimate of drug-likeness (QED) is 0.479. The Balaban J connectivity index is 1.72. The molecule has 0 radical (unpaired) electrons. The van der Waals surface area contributed by atoms with Gasteiger partial charge in [0.1, 0.15) is 0 Å². The summed E-state index contributed by atoms with van der Waals surface area (Å²) in [6.45, 7) is 5.92. The Hall–Kier alpha value is -2.37. The number of nitrogens with zero attached hydrogens (tertiary/aromatic N) is 1. The van der Waals surface area contributed by atoms with E-state index < -0.39 is 0 Å². The average Bonchev–Trinajstić information content (AvgIpc) is 3.10. The maximum atomic E-state index is 12.7. The zero-order chi connectivity index (χ0) is 17.7. The molecule has 0 aliphatic rings. The van der Waals surface area contributed by atoms with E-state index in [2.05, 4.69) is 22.4 Å². The molecule has 126 valence electrons. The highest BCUT2D eigenvalue weighted by Crippen LogP contribution is 2.33. The minimum Gasteiger partial charge on any atom is -0.449 e. The molecular formula is C19H15ClN2O2S. The second-order valence-electron chi connectivity index (χ2n) is 6.07. The second kappa shape index (κ2) is 5.86. The molecule has 4 rings (SSSR count). The molecule has 1 N–H and O–H groups in total. The van der Waals surface area contributed by atoms with Crippen molar-refractivity contribution in [2.75, 3.05) is 5.32 Å². The van der Waals surface area contributed by atoms with E-state index in [0.717, 1.165) is 26.7 Å². The maximum absolute atomic E-state index is 12.7. The van der Waals surface area contributed by atoms with Crippen LogP contribution in [0.2, 0.25) is 5.02 Å². The summed E-state index contributed by atoms with van der Waals surface area (Å²) in [6.07, 6.45) is 0. The van der Waals surface area contributed by atoms with Crippen LogP contribution in [0.25, 0.3) is 21.2 Å². The highest BCUT2D eigenvalue weighted by molar-refractivity contribution is 7.22. The summed E-state index contributed by atoms with van der Waals surface area (Å²) in [4.78, 5) is 17.2. The number of hydrogen-bond acceptors (Lipinski definition) is 4. The van der Waals surface area contributed by atoms with E-state index in [1.54, 1.807) is 6.07 Å². The monoisotopic (exact) mass is 370 g/mol. The number of thiazole rings is 1. The lowest BCUT2D eigenvalue weighted by atomic mass is 10.1. The van der Waals surface area contributed by atoms with Crippen LogP contribution in [0.5, 0.6) is 0 Å². The highest BCUT2D eigenvalue weighted by atomic mass is 35.5. The summed E-state index contributed by atoms with van der Waals surface area (Å²) in [5.74, 6) is -0.0616. The van der Waals surface area contributed by atoms with Crippen LogP contribution in [0.3, 0.4) is 0 Å². The molecule has 0 spiro atoms.